The SMILES string of the molecule is CCN(CC)CCSCCNc1c(C)cnc2ccc(Cl)cc12. The van der Waals surface area contributed by atoms with Crippen molar-refractivity contribution < 1.29 is 0 Å². The molecule has 5 heteroatoms. The molecular formula is C18H26ClN3S. The van der Waals surface area contributed by atoms with Crippen molar-refractivity contribution in [3.63, 3.8) is 0 Å². The summed E-state index contributed by atoms with van der Waals surface area (Å²) in [4.78, 5) is 6.93. The molecule has 3 nitrogen and oxygen atoms in total. The molecule has 0 unspecified atom stereocenters. The van der Waals surface area contributed by atoms with E-state index in [-0.39, 0.29) is 0 Å². The number of nitrogens with zero attached hydrogens (tertiary/aromatic N) is 2. The van der Waals surface area contributed by atoms with E-state index in [2.05, 4.69) is 36.0 Å². The molecule has 0 bridgehead atoms. The van der Waals surface area contributed by atoms with Crippen LogP contribution < -0.4 is 5.32 Å². The van der Waals surface area contributed by atoms with Crippen molar-refractivity contribution in [2.24, 2.45) is 0 Å². The summed E-state index contributed by atoms with van der Waals surface area (Å²) >= 11 is 8.14. The number of benzene rings is 1. The molecule has 0 atom stereocenters. The van der Waals surface area contributed by atoms with Gasteiger partial charge in [-0.2, -0.15) is 11.8 Å². The van der Waals surface area contributed by atoms with Gasteiger partial charge in [-0.15, -0.1) is 0 Å². The Labute approximate surface area is 148 Å². The zero-order valence-corrected chi connectivity index (χ0v) is 15.8. The van der Waals surface area contributed by atoms with Crippen LogP contribution in [0.1, 0.15) is 19.4 Å². The van der Waals surface area contributed by atoms with Gasteiger partial charge in [-0.3, -0.25) is 4.98 Å². The number of thioether (sulfide) groups is 1. The molecule has 2 rings (SSSR count). The van der Waals surface area contributed by atoms with Gasteiger partial charge in [0.15, 0.2) is 0 Å². The minimum Gasteiger partial charge on any atom is -0.383 e. The third-order valence-corrected chi connectivity index (χ3v) is 5.21. The fourth-order valence-electron chi connectivity index (χ4n) is 2.58. The topological polar surface area (TPSA) is 28.2 Å². The van der Waals surface area contributed by atoms with E-state index in [0.29, 0.717) is 0 Å². The number of hydrogen-bond donors (Lipinski definition) is 1. The lowest BCUT2D eigenvalue weighted by molar-refractivity contribution is 0.324. The Morgan fingerprint density at radius 2 is 2.00 bits per heavy atom. The first-order valence-corrected chi connectivity index (χ1v) is 9.77. The van der Waals surface area contributed by atoms with Crippen LogP contribution in [0.4, 0.5) is 5.69 Å². The van der Waals surface area contributed by atoms with E-state index in [9.17, 15) is 0 Å². The first kappa shape index (κ1) is 18.4. The van der Waals surface area contributed by atoms with Gasteiger partial charge in [0.05, 0.1) is 5.52 Å². The maximum atomic E-state index is 6.14. The molecule has 23 heavy (non-hydrogen) atoms. The highest BCUT2D eigenvalue weighted by Crippen LogP contribution is 2.27. The first-order chi connectivity index (χ1) is 11.2. The Kier molecular flexibility index (Phi) is 7.47. The summed E-state index contributed by atoms with van der Waals surface area (Å²) in [6, 6.07) is 5.85. The summed E-state index contributed by atoms with van der Waals surface area (Å²) in [7, 11) is 0. The fourth-order valence-corrected chi connectivity index (χ4v) is 3.59. The molecule has 0 amide bonds. The minimum atomic E-state index is 0.751. The van der Waals surface area contributed by atoms with Crippen LogP contribution in [-0.4, -0.2) is 47.6 Å². The van der Waals surface area contributed by atoms with Crippen molar-refractivity contribution in [2.45, 2.75) is 20.8 Å². The molecule has 0 aliphatic carbocycles. The predicted molar refractivity (Wildman–Crippen MR) is 105 cm³/mol. The van der Waals surface area contributed by atoms with Crippen LogP contribution in [0.15, 0.2) is 24.4 Å². The van der Waals surface area contributed by atoms with E-state index < -0.39 is 0 Å². The number of halogens is 1. The Bertz CT molecular complexity index is 624. The van der Waals surface area contributed by atoms with Gasteiger partial charge in [0.1, 0.15) is 0 Å². The van der Waals surface area contributed by atoms with Crippen molar-refractivity contribution in [2.75, 3.05) is 43.0 Å². The van der Waals surface area contributed by atoms with Gasteiger partial charge in [0.25, 0.3) is 0 Å². The Morgan fingerprint density at radius 3 is 2.74 bits per heavy atom. The number of fused-ring (bicyclic) bond motifs is 1. The Morgan fingerprint density at radius 1 is 1.22 bits per heavy atom. The summed E-state index contributed by atoms with van der Waals surface area (Å²) in [6.45, 7) is 10.9. The van der Waals surface area contributed by atoms with E-state index >= 15 is 0 Å². The number of aromatic nitrogens is 1. The van der Waals surface area contributed by atoms with Crippen LogP contribution in [0.3, 0.4) is 0 Å². The van der Waals surface area contributed by atoms with E-state index in [1.165, 1.54) is 12.3 Å². The van der Waals surface area contributed by atoms with Gasteiger partial charge in [-0.25, -0.2) is 0 Å². The second-order valence-electron chi connectivity index (χ2n) is 5.54. The molecule has 1 aromatic heterocycles. The van der Waals surface area contributed by atoms with Gasteiger partial charge in [0.2, 0.25) is 0 Å². The van der Waals surface area contributed by atoms with Crippen molar-refractivity contribution in [1.29, 1.82) is 0 Å². The number of hydrogen-bond acceptors (Lipinski definition) is 4. The van der Waals surface area contributed by atoms with Gasteiger partial charge >= 0.3 is 0 Å². The molecule has 0 aliphatic rings. The maximum absolute atomic E-state index is 6.14. The number of anilines is 1. The first-order valence-electron chi connectivity index (χ1n) is 8.24. The molecule has 0 saturated heterocycles. The highest BCUT2D eigenvalue weighted by atomic mass is 35.5. The van der Waals surface area contributed by atoms with Gasteiger partial charge < -0.3 is 10.2 Å². The average molecular weight is 352 g/mol. The van der Waals surface area contributed by atoms with Crippen molar-refractivity contribution in [1.82, 2.24) is 9.88 Å². The molecule has 1 heterocycles. The Balaban J connectivity index is 1.87. The maximum Gasteiger partial charge on any atom is 0.0723 e. The number of aryl methyl sites for hydroxylation is 1. The van der Waals surface area contributed by atoms with Crippen LogP contribution >= 0.6 is 23.4 Å². The van der Waals surface area contributed by atoms with Crippen LogP contribution in [0, 0.1) is 6.92 Å². The van der Waals surface area contributed by atoms with Crippen molar-refractivity contribution >= 4 is 40.0 Å². The van der Waals surface area contributed by atoms with E-state index in [1.54, 1.807) is 0 Å². The van der Waals surface area contributed by atoms with Crippen molar-refractivity contribution in [3.8, 4) is 0 Å². The average Bonchev–Trinajstić information content (AvgIpc) is 2.56. The van der Waals surface area contributed by atoms with E-state index in [1.807, 2.05) is 36.2 Å². The third kappa shape index (κ3) is 5.27. The second-order valence-corrected chi connectivity index (χ2v) is 7.20. The highest BCUT2D eigenvalue weighted by Gasteiger charge is 2.06. The van der Waals surface area contributed by atoms with Gasteiger partial charge in [-0.1, -0.05) is 25.4 Å². The molecule has 2 aromatic rings. The van der Waals surface area contributed by atoms with Crippen LogP contribution in [0.25, 0.3) is 10.9 Å². The lowest BCUT2D eigenvalue weighted by atomic mass is 10.1. The van der Waals surface area contributed by atoms with E-state index in [0.717, 1.165) is 52.6 Å². The summed E-state index contributed by atoms with van der Waals surface area (Å²) in [5.74, 6) is 2.29. The highest BCUT2D eigenvalue weighted by molar-refractivity contribution is 7.99. The zero-order chi connectivity index (χ0) is 16.7. The molecular weight excluding hydrogens is 326 g/mol. The van der Waals surface area contributed by atoms with E-state index in [4.69, 9.17) is 11.6 Å². The summed E-state index contributed by atoms with van der Waals surface area (Å²) < 4.78 is 0. The summed E-state index contributed by atoms with van der Waals surface area (Å²) in [6.07, 6.45) is 1.92. The summed E-state index contributed by atoms with van der Waals surface area (Å²) in [5, 5.41) is 5.42. The zero-order valence-electron chi connectivity index (χ0n) is 14.2. The molecule has 0 saturated carbocycles. The van der Waals surface area contributed by atoms with Crippen LogP contribution in [-0.2, 0) is 0 Å². The summed E-state index contributed by atoms with van der Waals surface area (Å²) in [5.41, 5.74) is 3.30. The minimum absolute atomic E-state index is 0.751. The molecule has 1 N–H and O–H groups in total. The predicted octanol–water partition coefficient (Wildman–Crippen LogP) is 4.68. The molecule has 0 spiro atoms. The quantitative estimate of drug-likeness (QED) is 0.664. The van der Waals surface area contributed by atoms with Gasteiger partial charge in [0, 0.05) is 46.9 Å². The van der Waals surface area contributed by atoms with Crippen LogP contribution in [0.2, 0.25) is 5.02 Å². The fraction of sp³-hybridized carbons (Fsp3) is 0.500. The molecule has 0 fully saturated rings. The third-order valence-electron chi connectivity index (χ3n) is 4.01. The monoisotopic (exact) mass is 351 g/mol. The second kappa shape index (κ2) is 9.36. The lowest BCUT2D eigenvalue weighted by Crippen LogP contribution is -2.25. The number of pyridine rings is 1. The number of rotatable bonds is 9. The molecule has 0 aliphatic heterocycles. The molecule has 0 radical (unpaired) electrons. The van der Waals surface area contributed by atoms with Gasteiger partial charge in [-0.05, 0) is 43.8 Å². The Hall–Kier alpha value is -0.970. The normalized spacial score (nSPS) is 11.3. The standard InChI is InChI=1S/C18H26ClN3S/c1-4-22(5-2)9-11-23-10-8-20-18-14(3)13-21-17-7-6-15(19)12-16(17)18/h6-7,12-13H,4-5,8-11H2,1-3H3,(H,20,21). The molecule has 126 valence electrons. The molecule has 1 aromatic carbocycles. The van der Waals surface area contributed by atoms with Crippen LogP contribution in [0.5, 0.6) is 0 Å². The van der Waals surface area contributed by atoms with Crippen molar-refractivity contribution in [3.05, 3.63) is 35.0 Å². The smallest absolute Gasteiger partial charge is 0.0723 e. The lowest BCUT2D eigenvalue weighted by Gasteiger charge is -2.17. The number of nitrogens with one attached hydrogen (secondary N) is 1. The largest absolute Gasteiger partial charge is 0.383 e.